The quantitative estimate of drug-likeness (QED) is 0.679. The van der Waals surface area contributed by atoms with Crippen LogP contribution in [0.25, 0.3) is 10.9 Å². The number of nitrogens with one attached hydrogen (secondary N) is 2. The van der Waals surface area contributed by atoms with Crippen LogP contribution in [0.4, 0.5) is 6.01 Å². The van der Waals surface area contributed by atoms with Gasteiger partial charge in [0.15, 0.2) is 5.76 Å². The Hall–Kier alpha value is -2.43. The van der Waals surface area contributed by atoms with Gasteiger partial charge >= 0.3 is 0 Å². The predicted molar refractivity (Wildman–Crippen MR) is 78.1 cm³/mol. The van der Waals surface area contributed by atoms with Crippen molar-refractivity contribution < 1.29 is 9.52 Å². The molecular formula is C15H17N3O2. The summed E-state index contributed by atoms with van der Waals surface area (Å²) in [7, 11) is 1.71. The molecule has 1 atom stereocenters. The Bertz CT molecular complexity index is 730. The molecule has 0 radical (unpaired) electrons. The number of nitrogens with zero attached hydrogens (tertiary/aromatic N) is 1. The summed E-state index contributed by atoms with van der Waals surface area (Å²) in [5.41, 5.74) is 2.19. The lowest BCUT2D eigenvalue weighted by molar-refractivity contribution is 0.415. The van der Waals surface area contributed by atoms with Gasteiger partial charge in [-0.3, -0.25) is 0 Å². The number of aromatic amines is 1. The van der Waals surface area contributed by atoms with Crippen molar-refractivity contribution in [2.24, 2.45) is 0 Å². The number of oxazole rings is 1. The van der Waals surface area contributed by atoms with E-state index in [2.05, 4.69) is 28.3 Å². The molecule has 1 aromatic carbocycles. The maximum atomic E-state index is 9.98. The van der Waals surface area contributed by atoms with Gasteiger partial charge in [0.25, 0.3) is 11.9 Å². The Labute approximate surface area is 116 Å². The molecule has 0 saturated heterocycles. The van der Waals surface area contributed by atoms with Crippen molar-refractivity contribution in [2.75, 3.05) is 12.4 Å². The van der Waals surface area contributed by atoms with Crippen LogP contribution in [0.1, 0.15) is 30.6 Å². The second-order valence-electron chi connectivity index (χ2n) is 4.71. The van der Waals surface area contributed by atoms with E-state index in [-0.39, 0.29) is 11.8 Å². The molecule has 0 amide bonds. The summed E-state index contributed by atoms with van der Waals surface area (Å²) in [4.78, 5) is 7.21. The maximum absolute atomic E-state index is 9.98. The Balaban J connectivity index is 2.11. The van der Waals surface area contributed by atoms with E-state index in [9.17, 15) is 5.11 Å². The van der Waals surface area contributed by atoms with Crippen LogP contribution in [0.2, 0.25) is 0 Å². The zero-order valence-corrected chi connectivity index (χ0v) is 11.5. The number of aromatic hydroxyl groups is 1. The molecule has 20 heavy (non-hydrogen) atoms. The van der Waals surface area contributed by atoms with Crippen molar-refractivity contribution in [3.8, 4) is 5.88 Å². The largest absolute Gasteiger partial charge is 0.491 e. The van der Waals surface area contributed by atoms with Gasteiger partial charge in [-0.1, -0.05) is 25.1 Å². The Morgan fingerprint density at radius 3 is 2.90 bits per heavy atom. The molecule has 0 saturated carbocycles. The van der Waals surface area contributed by atoms with Gasteiger partial charge in [0.2, 0.25) is 0 Å². The van der Waals surface area contributed by atoms with Crippen LogP contribution in [-0.4, -0.2) is 22.1 Å². The van der Waals surface area contributed by atoms with Crippen LogP contribution in [0, 0.1) is 0 Å². The number of H-pyrrole nitrogens is 1. The van der Waals surface area contributed by atoms with Gasteiger partial charge in [0, 0.05) is 30.1 Å². The summed E-state index contributed by atoms with van der Waals surface area (Å²) in [5.74, 6) is 0.425. The van der Waals surface area contributed by atoms with Gasteiger partial charge in [-0.15, -0.1) is 0 Å². The Morgan fingerprint density at radius 1 is 1.40 bits per heavy atom. The first-order valence-corrected chi connectivity index (χ1v) is 6.68. The highest BCUT2D eigenvalue weighted by molar-refractivity contribution is 5.84. The van der Waals surface area contributed by atoms with Gasteiger partial charge < -0.3 is 19.8 Å². The Morgan fingerprint density at radius 2 is 2.20 bits per heavy atom. The molecule has 2 aromatic heterocycles. The molecule has 0 aliphatic carbocycles. The number of anilines is 1. The molecule has 1 unspecified atom stereocenters. The first-order chi connectivity index (χ1) is 9.74. The molecule has 2 heterocycles. The molecule has 3 rings (SSSR count). The highest BCUT2D eigenvalue weighted by atomic mass is 16.4. The molecule has 0 bridgehead atoms. The topological polar surface area (TPSA) is 74.1 Å². The summed E-state index contributed by atoms with van der Waals surface area (Å²) in [6.07, 6.45) is 2.79. The Kier molecular flexibility index (Phi) is 3.10. The minimum atomic E-state index is -0.0496. The fourth-order valence-corrected chi connectivity index (χ4v) is 2.59. The van der Waals surface area contributed by atoms with Gasteiger partial charge in [0.1, 0.15) is 0 Å². The summed E-state index contributed by atoms with van der Waals surface area (Å²) in [5, 5.41) is 13.9. The smallest absolute Gasteiger partial charge is 0.297 e. The molecule has 5 heteroatoms. The lowest BCUT2D eigenvalue weighted by Crippen LogP contribution is -1.97. The van der Waals surface area contributed by atoms with Crippen molar-refractivity contribution in [3.63, 3.8) is 0 Å². The molecule has 3 N–H and O–H groups in total. The summed E-state index contributed by atoms with van der Waals surface area (Å²) < 4.78 is 5.60. The van der Waals surface area contributed by atoms with E-state index in [0.29, 0.717) is 11.8 Å². The van der Waals surface area contributed by atoms with E-state index < -0.39 is 0 Å². The lowest BCUT2D eigenvalue weighted by Gasteiger charge is -2.11. The van der Waals surface area contributed by atoms with Crippen LogP contribution >= 0.6 is 0 Å². The lowest BCUT2D eigenvalue weighted by atomic mass is 9.94. The number of benzene rings is 1. The molecule has 0 aliphatic heterocycles. The second kappa shape index (κ2) is 4.92. The monoisotopic (exact) mass is 271 g/mol. The van der Waals surface area contributed by atoms with Gasteiger partial charge in [0.05, 0.1) is 0 Å². The molecular weight excluding hydrogens is 254 g/mol. The van der Waals surface area contributed by atoms with E-state index in [0.717, 1.165) is 22.9 Å². The minimum absolute atomic E-state index is 0.0271. The zero-order chi connectivity index (χ0) is 14.1. The van der Waals surface area contributed by atoms with E-state index in [4.69, 9.17) is 4.42 Å². The first-order valence-electron chi connectivity index (χ1n) is 6.68. The minimum Gasteiger partial charge on any atom is -0.491 e. The SMILES string of the molecule is CCC(c1oc(NC)nc1O)c1c[nH]c2ccccc12. The van der Waals surface area contributed by atoms with Crippen molar-refractivity contribution in [3.05, 3.63) is 41.8 Å². The second-order valence-corrected chi connectivity index (χ2v) is 4.71. The molecule has 0 aliphatic rings. The van der Waals surface area contributed by atoms with Crippen molar-refractivity contribution in [2.45, 2.75) is 19.3 Å². The first kappa shape index (κ1) is 12.6. The number of hydrogen-bond acceptors (Lipinski definition) is 4. The normalized spacial score (nSPS) is 12.7. The number of fused-ring (bicyclic) bond motifs is 1. The third kappa shape index (κ3) is 1.91. The van der Waals surface area contributed by atoms with Gasteiger partial charge in [-0.25, -0.2) is 0 Å². The highest BCUT2D eigenvalue weighted by Gasteiger charge is 2.24. The third-order valence-electron chi connectivity index (χ3n) is 3.57. The van der Waals surface area contributed by atoms with E-state index in [1.807, 2.05) is 24.4 Å². The van der Waals surface area contributed by atoms with Crippen LogP contribution < -0.4 is 5.32 Å². The van der Waals surface area contributed by atoms with E-state index in [1.165, 1.54) is 0 Å². The molecule has 3 aromatic rings. The molecule has 0 fully saturated rings. The number of para-hydroxylation sites is 1. The van der Waals surface area contributed by atoms with Crippen LogP contribution in [0.15, 0.2) is 34.9 Å². The predicted octanol–water partition coefficient (Wildman–Crippen LogP) is 3.45. The number of aromatic nitrogens is 2. The molecule has 0 spiro atoms. The molecule has 104 valence electrons. The zero-order valence-electron chi connectivity index (χ0n) is 11.5. The number of hydrogen-bond donors (Lipinski definition) is 3. The number of rotatable bonds is 4. The standard InChI is InChI=1S/C15H17N3O2/c1-3-9(13-14(19)18-15(16-2)20-13)11-8-17-12-7-5-4-6-10(11)12/h4-9,17,19H,3H2,1-2H3,(H,16,18). The van der Waals surface area contributed by atoms with Gasteiger partial charge in [-0.05, 0) is 18.1 Å². The highest BCUT2D eigenvalue weighted by Crippen LogP contribution is 2.38. The molecule has 5 nitrogen and oxygen atoms in total. The van der Waals surface area contributed by atoms with Crippen molar-refractivity contribution in [1.82, 2.24) is 9.97 Å². The average Bonchev–Trinajstić information content (AvgIpc) is 3.05. The van der Waals surface area contributed by atoms with Crippen LogP contribution in [-0.2, 0) is 0 Å². The average molecular weight is 271 g/mol. The summed E-state index contributed by atoms with van der Waals surface area (Å²) >= 11 is 0. The van der Waals surface area contributed by atoms with E-state index in [1.54, 1.807) is 7.05 Å². The van der Waals surface area contributed by atoms with Gasteiger partial charge in [-0.2, -0.15) is 4.98 Å². The van der Waals surface area contributed by atoms with Crippen LogP contribution in [0.5, 0.6) is 5.88 Å². The third-order valence-corrected chi connectivity index (χ3v) is 3.57. The summed E-state index contributed by atoms with van der Waals surface area (Å²) in [6.45, 7) is 2.06. The van der Waals surface area contributed by atoms with Crippen LogP contribution in [0.3, 0.4) is 0 Å². The fourth-order valence-electron chi connectivity index (χ4n) is 2.59. The van der Waals surface area contributed by atoms with Crippen molar-refractivity contribution in [1.29, 1.82) is 0 Å². The van der Waals surface area contributed by atoms with E-state index >= 15 is 0 Å². The maximum Gasteiger partial charge on any atom is 0.297 e. The summed E-state index contributed by atoms with van der Waals surface area (Å²) in [6, 6.07) is 8.43. The van der Waals surface area contributed by atoms with Crippen molar-refractivity contribution >= 4 is 16.9 Å². The fraction of sp³-hybridized carbons (Fsp3) is 0.267.